The minimum absolute atomic E-state index is 0.737. The van der Waals surface area contributed by atoms with Crippen LogP contribution in [-0.2, 0) is 6.42 Å². The molecule has 140 valence electrons. The van der Waals surface area contributed by atoms with Crippen LogP contribution in [0.3, 0.4) is 0 Å². The van der Waals surface area contributed by atoms with Crippen LogP contribution < -0.4 is 0 Å². The third-order valence-electron chi connectivity index (χ3n) is 5.15. The summed E-state index contributed by atoms with van der Waals surface area (Å²) in [6, 6.07) is 20.4. The smallest absolute Gasteiger partial charge is 0.113 e. The maximum atomic E-state index is 5.94. The highest BCUT2D eigenvalue weighted by atomic mass is 35.5. The van der Waals surface area contributed by atoms with E-state index >= 15 is 0 Å². The van der Waals surface area contributed by atoms with E-state index in [0.29, 0.717) is 0 Å². The normalized spacial score (nSPS) is 13.9. The summed E-state index contributed by atoms with van der Waals surface area (Å²) in [5, 5.41) is 0.737. The molecule has 4 rings (SSSR count). The number of aromatic nitrogens is 1. The molecule has 2 nitrogen and oxygen atoms in total. The molecular weight excluding hydrogens is 364 g/mol. The first-order chi connectivity index (χ1) is 13.8. The summed E-state index contributed by atoms with van der Waals surface area (Å²) in [6.45, 7) is 3.68. The number of pyridine rings is 1. The highest BCUT2D eigenvalue weighted by Crippen LogP contribution is 2.20. The Morgan fingerprint density at radius 3 is 2.21 bits per heavy atom. The van der Waals surface area contributed by atoms with E-state index in [-0.39, 0.29) is 0 Å². The summed E-state index contributed by atoms with van der Waals surface area (Å²) in [4.78, 5) is 7.02. The fourth-order valence-electron chi connectivity index (χ4n) is 3.47. The van der Waals surface area contributed by atoms with Gasteiger partial charge in [-0.2, -0.15) is 0 Å². The first-order valence-corrected chi connectivity index (χ1v) is 10.2. The lowest BCUT2D eigenvalue weighted by molar-refractivity contribution is 0.343. The molecule has 0 saturated carbocycles. The summed E-state index contributed by atoms with van der Waals surface area (Å²) in [5.74, 6) is 6.37. The Morgan fingerprint density at radius 1 is 0.821 bits per heavy atom. The molecule has 2 heterocycles. The molecule has 0 bridgehead atoms. The number of benzene rings is 2. The lowest BCUT2D eigenvalue weighted by Gasteiger charge is -2.13. The summed E-state index contributed by atoms with van der Waals surface area (Å²) in [7, 11) is 0. The van der Waals surface area contributed by atoms with Crippen molar-refractivity contribution >= 4 is 11.6 Å². The van der Waals surface area contributed by atoms with Crippen LogP contribution in [0.1, 0.15) is 29.7 Å². The monoisotopic (exact) mass is 386 g/mol. The molecule has 0 atom stereocenters. The molecule has 0 radical (unpaired) electrons. The Morgan fingerprint density at radius 2 is 1.54 bits per heavy atom. The number of hydrogen-bond donors (Lipinski definition) is 0. The van der Waals surface area contributed by atoms with Crippen LogP contribution in [0.2, 0.25) is 5.02 Å². The van der Waals surface area contributed by atoms with Crippen molar-refractivity contribution in [2.24, 2.45) is 0 Å². The molecule has 1 saturated heterocycles. The van der Waals surface area contributed by atoms with Gasteiger partial charge in [0.2, 0.25) is 0 Å². The third kappa shape index (κ3) is 5.01. The van der Waals surface area contributed by atoms with Crippen LogP contribution in [0, 0.1) is 11.8 Å². The van der Waals surface area contributed by atoms with Gasteiger partial charge in [-0.1, -0.05) is 47.9 Å². The quantitative estimate of drug-likeness (QED) is 0.555. The van der Waals surface area contributed by atoms with Gasteiger partial charge in [-0.05, 0) is 79.7 Å². The molecule has 1 fully saturated rings. The fraction of sp³-hybridized carbons (Fsp3) is 0.240. The van der Waals surface area contributed by atoms with Crippen LogP contribution >= 0.6 is 11.6 Å². The first-order valence-electron chi connectivity index (χ1n) is 9.82. The second-order valence-corrected chi connectivity index (χ2v) is 7.62. The van der Waals surface area contributed by atoms with Gasteiger partial charge in [0.05, 0.1) is 0 Å². The summed E-state index contributed by atoms with van der Waals surface area (Å²) in [5.41, 5.74) is 5.33. The van der Waals surface area contributed by atoms with Crippen molar-refractivity contribution in [2.75, 3.05) is 19.6 Å². The maximum absolute atomic E-state index is 5.94. The van der Waals surface area contributed by atoms with Crippen molar-refractivity contribution in [1.29, 1.82) is 0 Å². The fourth-order valence-corrected chi connectivity index (χ4v) is 3.59. The van der Waals surface area contributed by atoms with E-state index in [1.54, 1.807) is 0 Å². The van der Waals surface area contributed by atoms with E-state index in [4.69, 9.17) is 11.6 Å². The van der Waals surface area contributed by atoms with Gasteiger partial charge >= 0.3 is 0 Å². The van der Waals surface area contributed by atoms with Crippen LogP contribution in [0.15, 0.2) is 66.9 Å². The standard InChI is InChI=1S/C25H23ClN2/c26-24-11-8-22(9-12-24)23-10-14-25(27-19-23)13-7-20-3-5-21(6-4-20)15-18-28-16-1-2-17-28/h3-6,8-12,14,19H,1-2,15-18H2. The average Bonchev–Trinajstić information content (AvgIpc) is 3.26. The number of rotatable bonds is 4. The topological polar surface area (TPSA) is 16.1 Å². The SMILES string of the molecule is Clc1ccc(-c2ccc(C#Cc3ccc(CCN4CCCC4)cc3)nc2)cc1. The molecule has 1 aliphatic heterocycles. The Bertz CT molecular complexity index is 958. The Labute approximate surface area is 172 Å². The highest BCUT2D eigenvalue weighted by Gasteiger charge is 2.10. The molecule has 1 aliphatic rings. The summed E-state index contributed by atoms with van der Waals surface area (Å²) >= 11 is 5.94. The van der Waals surface area contributed by atoms with Crippen LogP contribution in [0.25, 0.3) is 11.1 Å². The van der Waals surface area contributed by atoms with E-state index in [1.807, 2.05) is 42.6 Å². The van der Waals surface area contributed by atoms with Crippen molar-refractivity contribution in [2.45, 2.75) is 19.3 Å². The molecule has 3 aromatic rings. The molecular formula is C25H23ClN2. The predicted octanol–water partition coefficient (Wildman–Crippen LogP) is 5.44. The minimum Gasteiger partial charge on any atom is -0.303 e. The zero-order chi connectivity index (χ0) is 19.2. The molecule has 1 aromatic heterocycles. The Kier molecular flexibility index (Phi) is 6.07. The van der Waals surface area contributed by atoms with Crippen molar-refractivity contribution in [3.05, 3.63) is 88.7 Å². The van der Waals surface area contributed by atoms with E-state index in [0.717, 1.165) is 40.4 Å². The Balaban J connectivity index is 1.37. The number of hydrogen-bond acceptors (Lipinski definition) is 2. The van der Waals surface area contributed by atoms with Gasteiger partial charge in [0.1, 0.15) is 5.69 Å². The van der Waals surface area contributed by atoms with Crippen molar-refractivity contribution in [3.63, 3.8) is 0 Å². The molecule has 0 spiro atoms. The van der Waals surface area contributed by atoms with Gasteiger partial charge in [-0.15, -0.1) is 0 Å². The zero-order valence-corrected chi connectivity index (χ0v) is 16.6. The maximum Gasteiger partial charge on any atom is 0.113 e. The third-order valence-corrected chi connectivity index (χ3v) is 5.40. The van der Waals surface area contributed by atoms with Crippen LogP contribution in [0.5, 0.6) is 0 Å². The number of halogens is 1. The van der Waals surface area contributed by atoms with E-state index in [9.17, 15) is 0 Å². The van der Waals surface area contributed by atoms with Crippen molar-refractivity contribution < 1.29 is 0 Å². The van der Waals surface area contributed by atoms with Gasteiger partial charge in [-0.3, -0.25) is 0 Å². The van der Waals surface area contributed by atoms with Gasteiger partial charge < -0.3 is 4.90 Å². The van der Waals surface area contributed by atoms with Gasteiger partial charge in [-0.25, -0.2) is 4.98 Å². The van der Waals surface area contributed by atoms with Crippen LogP contribution in [-0.4, -0.2) is 29.5 Å². The van der Waals surface area contributed by atoms with Crippen molar-refractivity contribution in [3.8, 4) is 23.0 Å². The van der Waals surface area contributed by atoms with E-state index < -0.39 is 0 Å². The second-order valence-electron chi connectivity index (χ2n) is 7.18. The largest absolute Gasteiger partial charge is 0.303 e. The summed E-state index contributed by atoms with van der Waals surface area (Å²) in [6.07, 6.45) is 5.67. The van der Waals surface area contributed by atoms with Gasteiger partial charge in [0.15, 0.2) is 0 Å². The minimum atomic E-state index is 0.737. The average molecular weight is 387 g/mol. The molecule has 0 amide bonds. The van der Waals surface area contributed by atoms with Crippen LogP contribution in [0.4, 0.5) is 0 Å². The molecule has 2 aromatic carbocycles. The van der Waals surface area contributed by atoms with E-state index in [2.05, 4.69) is 46.0 Å². The number of likely N-dealkylation sites (tertiary alicyclic amines) is 1. The molecule has 0 unspecified atom stereocenters. The lowest BCUT2D eigenvalue weighted by atomic mass is 10.1. The lowest BCUT2D eigenvalue weighted by Crippen LogP contribution is -2.21. The van der Waals surface area contributed by atoms with Crippen molar-refractivity contribution in [1.82, 2.24) is 9.88 Å². The summed E-state index contributed by atoms with van der Waals surface area (Å²) < 4.78 is 0. The van der Waals surface area contributed by atoms with Gasteiger partial charge in [0.25, 0.3) is 0 Å². The molecule has 0 N–H and O–H groups in total. The molecule has 28 heavy (non-hydrogen) atoms. The first kappa shape index (κ1) is 18.7. The molecule has 3 heteroatoms. The second kappa shape index (κ2) is 9.06. The highest BCUT2D eigenvalue weighted by molar-refractivity contribution is 6.30. The molecule has 0 aliphatic carbocycles. The number of nitrogens with zero attached hydrogens (tertiary/aromatic N) is 2. The predicted molar refractivity (Wildman–Crippen MR) is 116 cm³/mol. The zero-order valence-electron chi connectivity index (χ0n) is 15.9. The van der Waals surface area contributed by atoms with E-state index in [1.165, 1.54) is 31.5 Å². The van der Waals surface area contributed by atoms with Gasteiger partial charge in [0, 0.05) is 28.9 Å². The Hall–Kier alpha value is -2.60.